The molecule has 1 atom stereocenters. The van der Waals surface area contributed by atoms with Gasteiger partial charge in [-0.3, -0.25) is 4.68 Å². The van der Waals surface area contributed by atoms with Crippen LogP contribution in [0.5, 0.6) is 0 Å². The molecular weight excluding hydrogens is 252 g/mol. The molecule has 1 aromatic heterocycles. The van der Waals surface area contributed by atoms with E-state index in [1.54, 1.807) is 0 Å². The van der Waals surface area contributed by atoms with Gasteiger partial charge in [0.25, 0.3) is 0 Å². The molecule has 2 rings (SSSR count). The molecule has 1 fully saturated rings. The van der Waals surface area contributed by atoms with Crippen LogP contribution in [0.1, 0.15) is 37.6 Å². The number of rotatable bonds is 4. The van der Waals surface area contributed by atoms with Crippen LogP contribution in [0, 0.1) is 19.8 Å². The maximum Gasteiger partial charge on any atom is 0.317 e. The Hall–Kier alpha value is -1.52. The molecule has 1 N–H and O–H groups in total. The fraction of sp³-hybridized carbons (Fsp3) is 0.733. The van der Waals surface area contributed by atoms with Crippen LogP contribution in [0.25, 0.3) is 0 Å². The SMILES string of the molecule is Cc1cc(C)n(CCCNC(=O)N2CCCC(C)C2)n1. The Kier molecular flexibility index (Phi) is 5.04. The Morgan fingerprint density at radius 2 is 2.30 bits per heavy atom. The Balaban J connectivity index is 1.68. The highest BCUT2D eigenvalue weighted by Gasteiger charge is 2.20. The monoisotopic (exact) mass is 278 g/mol. The first-order valence-corrected chi connectivity index (χ1v) is 7.60. The number of urea groups is 1. The van der Waals surface area contributed by atoms with E-state index in [1.807, 2.05) is 16.5 Å². The minimum absolute atomic E-state index is 0.0879. The van der Waals surface area contributed by atoms with Gasteiger partial charge in [0.05, 0.1) is 5.69 Å². The maximum atomic E-state index is 12.0. The number of nitrogens with one attached hydrogen (secondary N) is 1. The summed E-state index contributed by atoms with van der Waals surface area (Å²) in [4.78, 5) is 14.0. The van der Waals surface area contributed by atoms with Gasteiger partial charge < -0.3 is 10.2 Å². The lowest BCUT2D eigenvalue weighted by molar-refractivity contribution is 0.169. The molecule has 1 aliphatic heterocycles. The summed E-state index contributed by atoms with van der Waals surface area (Å²) in [5.41, 5.74) is 2.23. The Bertz CT molecular complexity index is 455. The van der Waals surface area contributed by atoms with Crippen molar-refractivity contribution in [3.8, 4) is 0 Å². The van der Waals surface area contributed by atoms with Crippen LogP contribution in [0.2, 0.25) is 0 Å². The lowest BCUT2D eigenvalue weighted by Crippen LogP contribution is -2.45. The third kappa shape index (κ3) is 3.99. The van der Waals surface area contributed by atoms with Gasteiger partial charge in [0.2, 0.25) is 0 Å². The Labute approximate surface area is 121 Å². The fourth-order valence-electron chi connectivity index (χ4n) is 2.81. The number of likely N-dealkylation sites (tertiary alicyclic amines) is 1. The summed E-state index contributed by atoms with van der Waals surface area (Å²) in [5.74, 6) is 0.629. The zero-order chi connectivity index (χ0) is 14.5. The Morgan fingerprint density at radius 1 is 1.50 bits per heavy atom. The number of carbonyl (C=O) groups excluding carboxylic acids is 1. The second-order valence-electron chi connectivity index (χ2n) is 5.93. The molecule has 0 spiro atoms. The van der Waals surface area contributed by atoms with Crippen molar-refractivity contribution in [2.45, 2.75) is 46.6 Å². The number of hydrogen-bond donors (Lipinski definition) is 1. The van der Waals surface area contributed by atoms with Gasteiger partial charge in [-0.05, 0) is 45.1 Å². The van der Waals surface area contributed by atoms with E-state index in [4.69, 9.17) is 0 Å². The predicted molar refractivity (Wildman–Crippen MR) is 79.7 cm³/mol. The van der Waals surface area contributed by atoms with E-state index in [2.05, 4.69) is 30.3 Å². The molecular formula is C15H26N4O. The van der Waals surface area contributed by atoms with Crippen LogP contribution < -0.4 is 5.32 Å². The molecule has 1 unspecified atom stereocenters. The van der Waals surface area contributed by atoms with Gasteiger partial charge in [-0.15, -0.1) is 0 Å². The van der Waals surface area contributed by atoms with E-state index < -0.39 is 0 Å². The van der Waals surface area contributed by atoms with Gasteiger partial charge in [-0.2, -0.15) is 5.10 Å². The summed E-state index contributed by atoms with van der Waals surface area (Å²) in [6.07, 6.45) is 3.28. The van der Waals surface area contributed by atoms with Crippen molar-refractivity contribution in [2.24, 2.45) is 5.92 Å². The highest BCUT2D eigenvalue weighted by atomic mass is 16.2. The molecule has 0 radical (unpaired) electrons. The van der Waals surface area contributed by atoms with Crippen molar-refractivity contribution in [2.75, 3.05) is 19.6 Å². The summed E-state index contributed by atoms with van der Waals surface area (Å²) in [6, 6.07) is 2.16. The molecule has 1 aromatic rings. The quantitative estimate of drug-likeness (QED) is 0.859. The predicted octanol–water partition coefficient (Wildman–Crippen LogP) is 2.33. The van der Waals surface area contributed by atoms with Gasteiger partial charge in [-0.1, -0.05) is 6.92 Å². The number of hydrogen-bond acceptors (Lipinski definition) is 2. The van der Waals surface area contributed by atoms with E-state index in [9.17, 15) is 4.79 Å². The second-order valence-corrected chi connectivity index (χ2v) is 5.93. The van der Waals surface area contributed by atoms with Crippen molar-refractivity contribution in [1.29, 1.82) is 0 Å². The van der Waals surface area contributed by atoms with Crippen LogP contribution in [-0.4, -0.2) is 40.3 Å². The summed E-state index contributed by atoms with van der Waals surface area (Å²) in [6.45, 7) is 9.63. The molecule has 1 aliphatic rings. The number of nitrogens with zero attached hydrogens (tertiary/aromatic N) is 3. The highest BCUT2D eigenvalue weighted by Crippen LogP contribution is 2.15. The van der Waals surface area contributed by atoms with Crippen LogP contribution in [-0.2, 0) is 6.54 Å². The molecule has 2 amide bonds. The molecule has 2 heterocycles. The third-order valence-corrected chi connectivity index (χ3v) is 3.87. The Morgan fingerprint density at radius 3 is 2.95 bits per heavy atom. The first-order chi connectivity index (χ1) is 9.56. The minimum Gasteiger partial charge on any atom is -0.338 e. The second kappa shape index (κ2) is 6.77. The standard InChI is InChI=1S/C15H26N4O/c1-12-6-4-8-18(11-12)15(20)16-7-5-9-19-14(3)10-13(2)17-19/h10,12H,4-9,11H2,1-3H3,(H,16,20). The van der Waals surface area contributed by atoms with E-state index >= 15 is 0 Å². The average molecular weight is 278 g/mol. The lowest BCUT2D eigenvalue weighted by atomic mass is 10.0. The van der Waals surface area contributed by atoms with E-state index in [0.29, 0.717) is 12.5 Å². The smallest absolute Gasteiger partial charge is 0.317 e. The minimum atomic E-state index is 0.0879. The number of carbonyl (C=O) groups is 1. The van der Waals surface area contributed by atoms with Gasteiger partial charge in [0.15, 0.2) is 0 Å². The largest absolute Gasteiger partial charge is 0.338 e. The van der Waals surface area contributed by atoms with E-state index in [-0.39, 0.29) is 6.03 Å². The normalized spacial score (nSPS) is 19.1. The van der Waals surface area contributed by atoms with Crippen molar-refractivity contribution in [3.63, 3.8) is 0 Å². The lowest BCUT2D eigenvalue weighted by Gasteiger charge is -2.30. The molecule has 0 saturated carbocycles. The summed E-state index contributed by atoms with van der Waals surface area (Å²) >= 11 is 0. The topological polar surface area (TPSA) is 50.2 Å². The van der Waals surface area contributed by atoms with Crippen LogP contribution >= 0.6 is 0 Å². The molecule has 112 valence electrons. The number of piperidine rings is 1. The maximum absolute atomic E-state index is 12.0. The number of amides is 2. The summed E-state index contributed by atoms with van der Waals surface area (Å²) in [7, 11) is 0. The van der Waals surface area contributed by atoms with Gasteiger partial charge in [-0.25, -0.2) is 4.79 Å². The van der Waals surface area contributed by atoms with Crippen LogP contribution in [0.4, 0.5) is 4.79 Å². The number of aryl methyl sites for hydroxylation is 3. The summed E-state index contributed by atoms with van der Waals surface area (Å²) < 4.78 is 2.00. The molecule has 20 heavy (non-hydrogen) atoms. The van der Waals surface area contributed by atoms with Crippen molar-refractivity contribution < 1.29 is 4.79 Å². The molecule has 0 bridgehead atoms. The highest BCUT2D eigenvalue weighted by molar-refractivity contribution is 5.74. The van der Waals surface area contributed by atoms with Gasteiger partial charge >= 0.3 is 6.03 Å². The zero-order valence-electron chi connectivity index (χ0n) is 12.9. The fourth-order valence-corrected chi connectivity index (χ4v) is 2.81. The number of aromatic nitrogens is 2. The van der Waals surface area contributed by atoms with Crippen molar-refractivity contribution >= 4 is 6.03 Å². The van der Waals surface area contributed by atoms with Gasteiger partial charge in [0, 0.05) is 31.9 Å². The molecule has 0 aromatic carbocycles. The third-order valence-electron chi connectivity index (χ3n) is 3.87. The van der Waals surface area contributed by atoms with E-state index in [1.165, 1.54) is 12.1 Å². The summed E-state index contributed by atoms with van der Waals surface area (Å²) in [5, 5.41) is 7.44. The zero-order valence-corrected chi connectivity index (χ0v) is 12.9. The van der Waals surface area contributed by atoms with Gasteiger partial charge in [0.1, 0.15) is 0 Å². The van der Waals surface area contributed by atoms with Crippen LogP contribution in [0.15, 0.2) is 6.07 Å². The van der Waals surface area contributed by atoms with E-state index in [0.717, 1.165) is 38.2 Å². The van der Waals surface area contributed by atoms with Crippen molar-refractivity contribution in [3.05, 3.63) is 17.5 Å². The van der Waals surface area contributed by atoms with Crippen LogP contribution in [0.3, 0.4) is 0 Å². The first kappa shape index (κ1) is 14.9. The molecule has 0 aliphatic carbocycles. The molecule has 5 nitrogen and oxygen atoms in total. The average Bonchev–Trinajstić information content (AvgIpc) is 2.73. The van der Waals surface area contributed by atoms with Crippen molar-refractivity contribution in [1.82, 2.24) is 20.0 Å². The molecule has 1 saturated heterocycles. The molecule has 5 heteroatoms. The first-order valence-electron chi connectivity index (χ1n) is 7.60.